The first-order valence-electron chi connectivity index (χ1n) is 8.09. The van der Waals surface area contributed by atoms with E-state index in [0.29, 0.717) is 0 Å². The third-order valence-corrected chi connectivity index (χ3v) is 7.32. The molecule has 24 heavy (non-hydrogen) atoms. The molecule has 1 aliphatic carbocycles. The molecule has 3 heterocycles. The summed E-state index contributed by atoms with van der Waals surface area (Å²) in [5.74, 6) is 1.62. The third-order valence-electron chi connectivity index (χ3n) is 4.37. The molecule has 0 aliphatic heterocycles. The van der Waals surface area contributed by atoms with Gasteiger partial charge in [-0.3, -0.25) is 0 Å². The van der Waals surface area contributed by atoms with Crippen LogP contribution < -0.4 is 0 Å². The van der Waals surface area contributed by atoms with Gasteiger partial charge in [-0.1, -0.05) is 42.6 Å². The molecule has 0 radical (unpaired) electrons. The number of nitrogens with zero attached hydrogens (tertiary/aromatic N) is 4. The van der Waals surface area contributed by atoms with E-state index in [0.717, 1.165) is 44.5 Å². The molecule has 4 nitrogen and oxygen atoms in total. The first kappa shape index (κ1) is 16.4. The molecule has 1 aliphatic rings. The highest BCUT2D eigenvalue weighted by molar-refractivity contribution is 7.99. The second kappa shape index (κ2) is 6.35. The van der Waals surface area contributed by atoms with Crippen LogP contribution in [0.2, 0.25) is 0 Å². The smallest absolute Gasteiger partial charge is 0.198 e. The van der Waals surface area contributed by atoms with Gasteiger partial charge in [-0.25, -0.2) is 9.38 Å². The van der Waals surface area contributed by atoms with Crippen molar-refractivity contribution in [1.82, 2.24) is 19.6 Å². The predicted octanol–water partition coefficient (Wildman–Crippen LogP) is 4.85. The molecule has 0 amide bonds. The molecule has 3 aromatic heterocycles. The molecule has 0 fully saturated rings. The zero-order chi connectivity index (χ0) is 16.8. The Labute approximate surface area is 154 Å². The lowest BCUT2D eigenvalue weighted by Gasteiger charge is -2.17. The van der Waals surface area contributed by atoms with Crippen LogP contribution in [-0.2, 0) is 12.8 Å². The van der Waals surface area contributed by atoms with E-state index in [1.165, 1.54) is 28.7 Å². The van der Waals surface area contributed by atoms with Crippen molar-refractivity contribution in [2.24, 2.45) is 5.92 Å². The van der Waals surface area contributed by atoms with Crippen molar-refractivity contribution in [2.45, 2.75) is 43.4 Å². The second-order valence-corrected chi connectivity index (χ2v) is 9.32. The Morgan fingerprint density at radius 2 is 2.21 bits per heavy atom. The van der Waals surface area contributed by atoms with E-state index in [2.05, 4.69) is 34.4 Å². The minimum atomic E-state index is 0.765. The van der Waals surface area contributed by atoms with E-state index in [9.17, 15) is 0 Å². The van der Waals surface area contributed by atoms with Gasteiger partial charge in [0.15, 0.2) is 16.0 Å². The summed E-state index contributed by atoms with van der Waals surface area (Å²) >= 11 is 5.19. The fraction of sp³-hybridized carbons (Fsp3) is 0.471. The molecule has 4 rings (SSSR count). The lowest BCUT2D eigenvalue weighted by Crippen LogP contribution is -2.08. The quantitative estimate of drug-likeness (QED) is 0.370. The van der Waals surface area contributed by atoms with Gasteiger partial charge in [0.05, 0.1) is 5.39 Å². The Kier molecular flexibility index (Phi) is 4.34. The molecule has 1 atom stereocenters. The van der Waals surface area contributed by atoms with Crippen molar-refractivity contribution in [1.29, 1.82) is 0 Å². The number of hydrogen-bond donors (Lipinski definition) is 0. The van der Waals surface area contributed by atoms with Gasteiger partial charge in [0.25, 0.3) is 0 Å². The lowest BCUT2D eigenvalue weighted by atomic mass is 9.89. The van der Waals surface area contributed by atoms with Gasteiger partial charge in [0, 0.05) is 10.6 Å². The molecule has 0 saturated carbocycles. The SMILES string of the molecule is C=C(C)CSc1nnc2c3c4c(sc3nc(SC)n12)C[C@@H](C)CC4. The van der Waals surface area contributed by atoms with Gasteiger partial charge in [-0.05, 0) is 43.9 Å². The van der Waals surface area contributed by atoms with Crippen molar-refractivity contribution < 1.29 is 0 Å². The van der Waals surface area contributed by atoms with Crippen LogP contribution >= 0.6 is 34.9 Å². The van der Waals surface area contributed by atoms with Crippen LogP contribution in [0, 0.1) is 5.92 Å². The number of rotatable bonds is 4. The van der Waals surface area contributed by atoms with E-state index in [1.54, 1.807) is 23.5 Å². The van der Waals surface area contributed by atoms with Crippen LogP contribution in [0.5, 0.6) is 0 Å². The minimum absolute atomic E-state index is 0.765. The molecule has 0 unspecified atom stereocenters. The van der Waals surface area contributed by atoms with Crippen molar-refractivity contribution in [2.75, 3.05) is 12.0 Å². The Bertz CT molecular complexity index is 941. The first-order chi connectivity index (χ1) is 11.6. The maximum absolute atomic E-state index is 4.94. The monoisotopic (exact) mass is 376 g/mol. The number of aryl methyl sites for hydroxylation is 1. The highest BCUT2D eigenvalue weighted by Gasteiger charge is 2.25. The summed E-state index contributed by atoms with van der Waals surface area (Å²) in [6.07, 6.45) is 5.62. The zero-order valence-electron chi connectivity index (χ0n) is 14.1. The highest BCUT2D eigenvalue weighted by Crippen LogP contribution is 2.40. The highest BCUT2D eigenvalue weighted by atomic mass is 32.2. The van der Waals surface area contributed by atoms with Crippen LogP contribution in [-0.4, -0.2) is 31.6 Å². The fourth-order valence-corrected chi connectivity index (χ4v) is 6.01. The Morgan fingerprint density at radius 1 is 1.38 bits per heavy atom. The van der Waals surface area contributed by atoms with Crippen molar-refractivity contribution >= 4 is 50.7 Å². The van der Waals surface area contributed by atoms with Gasteiger partial charge in [-0.15, -0.1) is 21.5 Å². The van der Waals surface area contributed by atoms with Gasteiger partial charge < -0.3 is 0 Å². The van der Waals surface area contributed by atoms with Crippen LogP contribution in [0.25, 0.3) is 15.9 Å². The van der Waals surface area contributed by atoms with E-state index in [4.69, 9.17) is 4.98 Å². The summed E-state index contributed by atoms with van der Waals surface area (Å²) in [4.78, 5) is 7.56. The van der Waals surface area contributed by atoms with E-state index < -0.39 is 0 Å². The topological polar surface area (TPSA) is 43.1 Å². The van der Waals surface area contributed by atoms with Crippen LogP contribution in [0.1, 0.15) is 30.7 Å². The number of thiophene rings is 1. The lowest BCUT2D eigenvalue weighted by molar-refractivity contribution is 0.509. The van der Waals surface area contributed by atoms with Crippen molar-refractivity contribution in [3.05, 3.63) is 22.6 Å². The number of hydrogen-bond acceptors (Lipinski definition) is 6. The Hall–Kier alpha value is -1.05. The predicted molar refractivity (Wildman–Crippen MR) is 105 cm³/mol. The molecule has 0 spiro atoms. The summed E-state index contributed by atoms with van der Waals surface area (Å²) in [6, 6.07) is 0. The standard InChI is InChI=1S/C17H20N4S3/c1-9(2)8-23-17-20-19-14-13-11-6-5-10(3)7-12(11)24-15(13)18-16(22-4)21(14)17/h10H,1,5-8H2,2-4H3/t10-/m0/s1. The van der Waals surface area contributed by atoms with Crippen LogP contribution in [0.15, 0.2) is 22.5 Å². The van der Waals surface area contributed by atoms with Crippen LogP contribution in [0.3, 0.4) is 0 Å². The molecule has 0 bridgehead atoms. The first-order valence-corrected chi connectivity index (χ1v) is 11.1. The molecular weight excluding hydrogens is 356 g/mol. The van der Waals surface area contributed by atoms with E-state index >= 15 is 0 Å². The average Bonchev–Trinajstić information content (AvgIpc) is 3.11. The molecule has 126 valence electrons. The number of aromatic nitrogens is 4. The molecule has 0 aromatic carbocycles. The van der Waals surface area contributed by atoms with Crippen LogP contribution in [0.4, 0.5) is 0 Å². The molecule has 0 saturated heterocycles. The van der Waals surface area contributed by atoms with Gasteiger partial charge in [-0.2, -0.15) is 0 Å². The maximum atomic E-state index is 4.94. The fourth-order valence-electron chi connectivity index (χ4n) is 3.21. The van der Waals surface area contributed by atoms with Gasteiger partial charge in [0.1, 0.15) is 4.83 Å². The zero-order valence-corrected chi connectivity index (χ0v) is 16.6. The normalized spacial score (nSPS) is 17.5. The second-order valence-electron chi connectivity index (χ2n) is 6.52. The third kappa shape index (κ3) is 2.66. The maximum Gasteiger partial charge on any atom is 0.198 e. The van der Waals surface area contributed by atoms with E-state index in [1.807, 2.05) is 18.3 Å². The number of thioether (sulfide) groups is 2. The van der Waals surface area contributed by atoms with Crippen molar-refractivity contribution in [3.8, 4) is 0 Å². The Morgan fingerprint density at radius 3 is 2.96 bits per heavy atom. The Balaban J connectivity index is 1.94. The largest absolute Gasteiger partial charge is 0.248 e. The molecule has 0 N–H and O–H groups in total. The van der Waals surface area contributed by atoms with Gasteiger partial charge in [0.2, 0.25) is 0 Å². The van der Waals surface area contributed by atoms with Crippen molar-refractivity contribution in [3.63, 3.8) is 0 Å². The average molecular weight is 377 g/mol. The molecule has 7 heteroatoms. The number of fused-ring (bicyclic) bond motifs is 5. The summed E-state index contributed by atoms with van der Waals surface area (Å²) in [5, 5.41) is 12.1. The van der Waals surface area contributed by atoms with E-state index in [-0.39, 0.29) is 0 Å². The summed E-state index contributed by atoms with van der Waals surface area (Å²) < 4.78 is 2.13. The molecule has 3 aromatic rings. The summed E-state index contributed by atoms with van der Waals surface area (Å²) in [7, 11) is 0. The van der Waals surface area contributed by atoms with Gasteiger partial charge >= 0.3 is 0 Å². The molecular formula is C17H20N4S3. The minimum Gasteiger partial charge on any atom is -0.248 e. The summed E-state index contributed by atoms with van der Waals surface area (Å²) in [6.45, 7) is 8.37. The summed E-state index contributed by atoms with van der Waals surface area (Å²) in [5.41, 5.74) is 3.57.